The van der Waals surface area contributed by atoms with E-state index in [2.05, 4.69) is 5.32 Å². The third kappa shape index (κ3) is 3.69. The van der Waals surface area contributed by atoms with Gasteiger partial charge in [0.25, 0.3) is 0 Å². The minimum Gasteiger partial charge on any atom is -0.462 e. The highest BCUT2D eigenvalue weighted by molar-refractivity contribution is 5.89. The number of allylic oxidation sites excluding steroid dienone is 1. The number of carbonyl (C=O) groups is 1. The normalized spacial score (nSPS) is 30.1. The van der Waals surface area contributed by atoms with E-state index in [1.807, 2.05) is 0 Å². The summed E-state index contributed by atoms with van der Waals surface area (Å²) >= 11 is 0. The van der Waals surface area contributed by atoms with E-state index in [-0.39, 0.29) is 17.0 Å². The van der Waals surface area contributed by atoms with Crippen molar-refractivity contribution in [3.63, 3.8) is 0 Å². The van der Waals surface area contributed by atoms with Crippen molar-refractivity contribution in [2.75, 3.05) is 11.9 Å². The molecule has 0 radical (unpaired) electrons. The van der Waals surface area contributed by atoms with Crippen molar-refractivity contribution in [1.29, 1.82) is 10.5 Å². The van der Waals surface area contributed by atoms with Gasteiger partial charge in [-0.25, -0.2) is 4.79 Å². The van der Waals surface area contributed by atoms with Crippen molar-refractivity contribution in [3.05, 3.63) is 41.6 Å². The molecule has 4 aliphatic rings. The van der Waals surface area contributed by atoms with Crippen molar-refractivity contribution >= 4 is 11.7 Å². The fourth-order valence-corrected chi connectivity index (χ4v) is 5.72. The summed E-state index contributed by atoms with van der Waals surface area (Å²) in [6.07, 6.45) is 9.17. The van der Waals surface area contributed by atoms with Crippen molar-refractivity contribution in [3.8, 4) is 12.1 Å². The first-order valence-corrected chi connectivity index (χ1v) is 9.63. The highest BCUT2D eigenvalue weighted by Gasteiger charge is 2.51. The number of nitrogens with one attached hydrogen (secondary N) is 1. The van der Waals surface area contributed by atoms with Crippen LogP contribution in [0.4, 0.5) is 5.69 Å². The molecule has 5 rings (SSSR count). The molecule has 0 saturated heterocycles. The average molecular weight is 361 g/mol. The first-order chi connectivity index (χ1) is 13.1. The standard InChI is InChI=1S/C22H23N3O2/c23-11-18(12-24)13-25-20-3-1-19(2-4-20)21(26)27-14-22-8-15-5-16(9-22)7-17(6-15)10-22/h1-4,13,15-17,25H,5-10,14H2. The second kappa shape index (κ2) is 7.08. The Bertz CT molecular complexity index is 791. The fourth-order valence-electron chi connectivity index (χ4n) is 5.72. The van der Waals surface area contributed by atoms with E-state index in [0.717, 1.165) is 17.8 Å². The Balaban J connectivity index is 1.35. The maximum Gasteiger partial charge on any atom is 0.338 e. The number of nitrogens with zero attached hydrogens (tertiary/aromatic N) is 2. The Hall–Kier alpha value is -2.79. The summed E-state index contributed by atoms with van der Waals surface area (Å²) in [5.41, 5.74) is 1.45. The van der Waals surface area contributed by atoms with Crippen molar-refractivity contribution < 1.29 is 9.53 Å². The molecule has 1 aromatic rings. The van der Waals surface area contributed by atoms with E-state index >= 15 is 0 Å². The van der Waals surface area contributed by atoms with E-state index in [4.69, 9.17) is 15.3 Å². The SMILES string of the molecule is N#CC(C#N)=CNc1ccc(C(=O)OCC23CC4CC(CC(C4)C2)C3)cc1. The van der Waals surface area contributed by atoms with Crippen LogP contribution in [0.25, 0.3) is 0 Å². The van der Waals surface area contributed by atoms with Gasteiger partial charge in [0.2, 0.25) is 0 Å². The number of rotatable bonds is 5. The molecule has 4 aliphatic carbocycles. The molecule has 1 aromatic carbocycles. The largest absolute Gasteiger partial charge is 0.462 e. The van der Waals surface area contributed by atoms with E-state index in [1.165, 1.54) is 44.7 Å². The molecule has 1 N–H and O–H groups in total. The highest BCUT2D eigenvalue weighted by Crippen LogP contribution is 2.60. The maximum atomic E-state index is 12.5. The highest BCUT2D eigenvalue weighted by atomic mass is 16.5. The van der Waals surface area contributed by atoms with Crippen LogP contribution in [0.1, 0.15) is 48.9 Å². The molecule has 0 atom stereocenters. The molecule has 4 fully saturated rings. The summed E-state index contributed by atoms with van der Waals surface area (Å²) in [5.74, 6) is 2.27. The number of hydrogen-bond acceptors (Lipinski definition) is 5. The van der Waals surface area contributed by atoms with E-state index < -0.39 is 0 Å². The van der Waals surface area contributed by atoms with Crippen LogP contribution < -0.4 is 5.32 Å². The zero-order valence-corrected chi connectivity index (χ0v) is 15.3. The predicted octanol–water partition coefficient (Wildman–Crippen LogP) is 4.40. The fraction of sp³-hybridized carbons (Fsp3) is 0.500. The summed E-state index contributed by atoms with van der Waals surface area (Å²) in [7, 11) is 0. The Morgan fingerprint density at radius 3 is 2.15 bits per heavy atom. The predicted molar refractivity (Wildman–Crippen MR) is 100 cm³/mol. The van der Waals surface area contributed by atoms with Crippen molar-refractivity contribution in [1.82, 2.24) is 0 Å². The van der Waals surface area contributed by atoms with Crippen LogP contribution in [0, 0.1) is 45.8 Å². The summed E-state index contributed by atoms with van der Waals surface area (Å²) in [4.78, 5) is 12.5. The summed E-state index contributed by atoms with van der Waals surface area (Å²) in [6, 6.07) is 10.5. The zero-order valence-electron chi connectivity index (χ0n) is 15.3. The lowest BCUT2D eigenvalue weighted by atomic mass is 9.50. The first kappa shape index (κ1) is 17.6. The minimum atomic E-state index is -0.275. The molecular weight excluding hydrogens is 338 g/mol. The molecule has 0 spiro atoms. The van der Waals surface area contributed by atoms with Crippen molar-refractivity contribution in [2.24, 2.45) is 23.2 Å². The Kier molecular flexibility index (Phi) is 4.62. The van der Waals surface area contributed by atoms with Crippen LogP contribution in [0.3, 0.4) is 0 Å². The first-order valence-electron chi connectivity index (χ1n) is 9.63. The van der Waals surface area contributed by atoms with Gasteiger partial charge in [-0.1, -0.05) is 0 Å². The van der Waals surface area contributed by atoms with Crippen LogP contribution in [0.15, 0.2) is 36.0 Å². The lowest BCUT2D eigenvalue weighted by Crippen LogP contribution is -2.48. The molecule has 0 heterocycles. The van der Waals surface area contributed by atoms with Gasteiger partial charge in [-0.15, -0.1) is 0 Å². The quantitative estimate of drug-likeness (QED) is 0.620. The van der Waals surface area contributed by atoms with Gasteiger partial charge in [-0.05, 0) is 80.5 Å². The average Bonchev–Trinajstić information content (AvgIpc) is 2.66. The van der Waals surface area contributed by atoms with Gasteiger partial charge in [0.15, 0.2) is 0 Å². The topological polar surface area (TPSA) is 85.9 Å². The molecule has 138 valence electrons. The Morgan fingerprint density at radius 2 is 1.63 bits per heavy atom. The van der Waals surface area contributed by atoms with Gasteiger partial charge >= 0.3 is 5.97 Å². The van der Waals surface area contributed by atoms with Gasteiger partial charge < -0.3 is 10.1 Å². The molecule has 0 aromatic heterocycles. The smallest absolute Gasteiger partial charge is 0.338 e. The molecular formula is C22H23N3O2. The zero-order chi connectivity index (χ0) is 18.9. The lowest BCUT2D eigenvalue weighted by Gasteiger charge is -2.56. The molecule has 5 heteroatoms. The number of benzene rings is 1. The second-order valence-corrected chi connectivity index (χ2v) is 8.50. The molecule has 4 bridgehead atoms. The van der Waals surface area contributed by atoms with E-state index in [0.29, 0.717) is 17.9 Å². The molecule has 5 nitrogen and oxygen atoms in total. The van der Waals surface area contributed by atoms with Crippen LogP contribution in [0.2, 0.25) is 0 Å². The second-order valence-electron chi connectivity index (χ2n) is 8.50. The lowest BCUT2D eigenvalue weighted by molar-refractivity contribution is -0.0848. The molecule has 0 unspecified atom stereocenters. The number of anilines is 1. The van der Waals surface area contributed by atoms with Gasteiger partial charge in [-0.2, -0.15) is 10.5 Å². The van der Waals surface area contributed by atoms with Gasteiger partial charge in [0, 0.05) is 17.3 Å². The van der Waals surface area contributed by atoms with Gasteiger partial charge in [0.1, 0.15) is 17.7 Å². The number of esters is 1. The molecule has 27 heavy (non-hydrogen) atoms. The summed E-state index contributed by atoms with van der Waals surface area (Å²) in [6.45, 7) is 0.547. The maximum absolute atomic E-state index is 12.5. The Morgan fingerprint density at radius 1 is 1.07 bits per heavy atom. The third-order valence-electron chi connectivity index (χ3n) is 6.42. The molecule has 0 amide bonds. The molecule has 4 saturated carbocycles. The van der Waals surface area contributed by atoms with E-state index in [9.17, 15) is 4.79 Å². The van der Waals surface area contributed by atoms with Gasteiger partial charge in [-0.3, -0.25) is 0 Å². The van der Waals surface area contributed by atoms with Crippen LogP contribution in [0.5, 0.6) is 0 Å². The Labute approximate surface area is 159 Å². The number of nitriles is 2. The minimum absolute atomic E-state index is 0.00550. The number of ether oxygens (including phenoxy) is 1. The van der Waals surface area contributed by atoms with Crippen LogP contribution in [-0.2, 0) is 4.74 Å². The molecule has 0 aliphatic heterocycles. The number of carbonyl (C=O) groups excluding carboxylic acids is 1. The summed E-state index contributed by atoms with van der Waals surface area (Å²) in [5, 5.41) is 20.3. The number of hydrogen-bond donors (Lipinski definition) is 1. The summed E-state index contributed by atoms with van der Waals surface area (Å²) < 4.78 is 5.73. The monoisotopic (exact) mass is 361 g/mol. The van der Waals surface area contributed by atoms with Crippen molar-refractivity contribution in [2.45, 2.75) is 38.5 Å². The van der Waals surface area contributed by atoms with E-state index in [1.54, 1.807) is 36.4 Å². The van der Waals surface area contributed by atoms with Crippen LogP contribution in [-0.4, -0.2) is 12.6 Å². The van der Waals surface area contributed by atoms with Crippen LogP contribution >= 0.6 is 0 Å². The van der Waals surface area contributed by atoms with Gasteiger partial charge in [0.05, 0.1) is 12.2 Å². The third-order valence-corrected chi connectivity index (χ3v) is 6.42.